The van der Waals surface area contributed by atoms with Gasteiger partial charge in [-0.3, -0.25) is 4.90 Å². The first-order valence-electron chi connectivity index (χ1n) is 10.7. The fourth-order valence-electron chi connectivity index (χ4n) is 4.12. The van der Waals surface area contributed by atoms with E-state index in [1.165, 1.54) is 11.1 Å². The van der Waals surface area contributed by atoms with Crippen molar-refractivity contribution in [3.05, 3.63) is 78.2 Å². The van der Waals surface area contributed by atoms with Crippen molar-refractivity contribution in [2.24, 2.45) is 0 Å². The Morgan fingerprint density at radius 2 is 1.68 bits per heavy atom. The van der Waals surface area contributed by atoms with E-state index >= 15 is 0 Å². The van der Waals surface area contributed by atoms with Gasteiger partial charge in [0.15, 0.2) is 5.65 Å². The third-order valence-electron chi connectivity index (χ3n) is 5.88. The molecule has 1 aliphatic heterocycles. The van der Waals surface area contributed by atoms with E-state index in [0.29, 0.717) is 6.54 Å². The summed E-state index contributed by atoms with van der Waals surface area (Å²) in [5.74, 6) is 0.781. The predicted octanol–water partition coefficient (Wildman–Crippen LogP) is 3.38. The number of benzene rings is 2. The van der Waals surface area contributed by atoms with Crippen LogP contribution in [0.2, 0.25) is 0 Å². The van der Waals surface area contributed by atoms with Gasteiger partial charge in [0.2, 0.25) is 0 Å². The van der Waals surface area contributed by atoms with Gasteiger partial charge in [-0.25, -0.2) is 14.6 Å². The summed E-state index contributed by atoms with van der Waals surface area (Å²) in [6, 6.07) is 18.5. The number of anilines is 1. The fourth-order valence-corrected chi connectivity index (χ4v) is 4.12. The number of nitrogens with one attached hydrogen (secondary N) is 1. The number of nitrogens with zero attached hydrogens (tertiary/aromatic N) is 5. The summed E-state index contributed by atoms with van der Waals surface area (Å²) in [4.78, 5) is 11.3. The lowest BCUT2D eigenvalue weighted by Crippen LogP contribution is -2.35. The standard InChI is InChI=1S/C24H26N6O/c31-21-10-12-29(13-11-21)16-19-7-5-4-6-18(19)14-25-23-22-15-28-30(24(22)27-17-26-23)20-8-2-1-3-9-20/h1-9,15,17,21,31H,10-14,16H2,(H,25,26,27). The molecule has 1 aliphatic rings. The van der Waals surface area contributed by atoms with E-state index < -0.39 is 0 Å². The number of likely N-dealkylation sites (tertiary alicyclic amines) is 1. The maximum atomic E-state index is 9.76. The molecule has 2 aromatic heterocycles. The van der Waals surface area contributed by atoms with Gasteiger partial charge in [-0.2, -0.15) is 5.10 Å². The molecule has 0 radical (unpaired) electrons. The van der Waals surface area contributed by atoms with Gasteiger partial charge in [0, 0.05) is 26.2 Å². The first-order valence-corrected chi connectivity index (χ1v) is 10.7. The van der Waals surface area contributed by atoms with Crippen molar-refractivity contribution >= 4 is 16.9 Å². The third kappa shape index (κ3) is 4.28. The highest BCUT2D eigenvalue weighted by atomic mass is 16.3. The number of hydrogen-bond acceptors (Lipinski definition) is 6. The highest BCUT2D eigenvalue weighted by molar-refractivity contribution is 5.87. The molecular weight excluding hydrogens is 388 g/mol. The first kappa shape index (κ1) is 19.7. The summed E-state index contributed by atoms with van der Waals surface area (Å²) in [5, 5.41) is 18.7. The Balaban J connectivity index is 1.34. The lowest BCUT2D eigenvalue weighted by molar-refractivity contribution is 0.0791. The van der Waals surface area contributed by atoms with Gasteiger partial charge < -0.3 is 10.4 Å². The molecule has 1 fully saturated rings. The average molecular weight is 415 g/mol. The summed E-state index contributed by atoms with van der Waals surface area (Å²) >= 11 is 0. The number of piperidine rings is 1. The minimum absolute atomic E-state index is 0.148. The van der Waals surface area contributed by atoms with Gasteiger partial charge >= 0.3 is 0 Å². The quantitative estimate of drug-likeness (QED) is 0.504. The summed E-state index contributed by atoms with van der Waals surface area (Å²) in [6.45, 7) is 3.45. The zero-order chi connectivity index (χ0) is 21.0. The van der Waals surface area contributed by atoms with Crippen LogP contribution < -0.4 is 5.32 Å². The minimum Gasteiger partial charge on any atom is -0.393 e. The van der Waals surface area contributed by atoms with Crippen molar-refractivity contribution in [2.45, 2.75) is 32.0 Å². The summed E-state index contributed by atoms with van der Waals surface area (Å²) in [5.41, 5.74) is 4.30. The molecule has 0 spiro atoms. The van der Waals surface area contributed by atoms with Crippen LogP contribution in [0.3, 0.4) is 0 Å². The van der Waals surface area contributed by atoms with Crippen LogP contribution in [0.5, 0.6) is 0 Å². The molecule has 4 aromatic rings. The van der Waals surface area contributed by atoms with E-state index in [0.717, 1.165) is 55.0 Å². The van der Waals surface area contributed by atoms with Crippen molar-refractivity contribution in [2.75, 3.05) is 18.4 Å². The van der Waals surface area contributed by atoms with Crippen LogP contribution in [0.25, 0.3) is 16.7 Å². The lowest BCUT2D eigenvalue weighted by atomic mass is 10.0. The van der Waals surface area contributed by atoms with Crippen molar-refractivity contribution in [3.8, 4) is 5.69 Å². The molecule has 0 saturated carbocycles. The Hall–Kier alpha value is -3.29. The maximum absolute atomic E-state index is 9.76. The number of aliphatic hydroxyl groups excluding tert-OH is 1. The first-order chi connectivity index (χ1) is 15.3. The van der Waals surface area contributed by atoms with Crippen LogP contribution in [0.15, 0.2) is 67.1 Å². The molecule has 0 bridgehead atoms. The minimum atomic E-state index is -0.148. The van der Waals surface area contributed by atoms with Gasteiger partial charge in [-0.1, -0.05) is 42.5 Å². The highest BCUT2D eigenvalue weighted by Crippen LogP contribution is 2.23. The monoisotopic (exact) mass is 414 g/mol. The van der Waals surface area contributed by atoms with E-state index in [4.69, 9.17) is 0 Å². The van der Waals surface area contributed by atoms with E-state index in [2.05, 4.69) is 49.5 Å². The Labute approximate surface area is 181 Å². The molecule has 1 saturated heterocycles. The number of aliphatic hydroxyl groups is 1. The smallest absolute Gasteiger partial charge is 0.168 e. The second-order valence-corrected chi connectivity index (χ2v) is 7.98. The Bertz CT molecular complexity index is 1150. The topological polar surface area (TPSA) is 79.1 Å². The van der Waals surface area contributed by atoms with Gasteiger partial charge in [0.25, 0.3) is 0 Å². The second kappa shape index (κ2) is 8.83. The van der Waals surface area contributed by atoms with Gasteiger partial charge in [0.05, 0.1) is 23.4 Å². The molecule has 7 heteroatoms. The number of fused-ring (bicyclic) bond motifs is 1. The van der Waals surface area contributed by atoms with Crippen LogP contribution in [0.4, 0.5) is 5.82 Å². The number of aromatic nitrogens is 4. The Kier molecular flexibility index (Phi) is 5.60. The van der Waals surface area contributed by atoms with E-state index in [1.54, 1.807) is 6.33 Å². The molecule has 7 nitrogen and oxygen atoms in total. The zero-order valence-electron chi connectivity index (χ0n) is 17.4. The molecule has 2 N–H and O–H groups in total. The molecule has 158 valence electrons. The molecule has 0 unspecified atom stereocenters. The van der Waals surface area contributed by atoms with Crippen molar-refractivity contribution in [1.29, 1.82) is 0 Å². The number of hydrogen-bond donors (Lipinski definition) is 2. The van der Waals surface area contributed by atoms with Crippen LogP contribution in [0.1, 0.15) is 24.0 Å². The Morgan fingerprint density at radius 3 is 2.48 bits per heavy atom. The van der Waals surface area contributed by atoms with Crippen molar-refractivity contribution < 1.29 is 5.11 Å². The second-order valence-electron chi connectivity index (χ2n) is 7.98. The van der Waals surface area contributed by atoms with E-state index in [1.807, 2.05) is 41.2 Å². The summed E-state index contributed by atoms with van der Waals surface area (Å²) in [6.07, 6.45) is 4.95. The van der Waals surface area contributed by atoms with Crippen LogP contribution in [0, 0.1) is 0 Å². The lowest BCUT2D eigenvalue weighted by Gasteiger charge is -2.30. The Morgan fingerprint density at radius 1 is 0.935 bits per heavy atom. The molecule has 31 heavy (non-hydrogen) atoms. The molecule has 5 rings (SSSR count). The maximum Gasteiger partial charge on any atom is 0.168 e. The van der Waals surface area contributed by atoms with Crippen LogP contribution in [-0.4, -0.2) is 48.9 Å². The summed E-state index contributed by atoms with van der Waals surface area (Å²) < 4.78 is 1.83. The molecule has 3 heterocycles. The van der Waals surface area contributed by atoms with Crippen molar-refractivity contribution in [1.82, 2.24) is 24.6 Å². The summed E-state index contributed by atoms with van der Waals surface area (Å²) in [7, 11) is 0. The SMILES string of the molecule is OC1CCN(Cc2ccccc2CNc2ncnc3c2cnn3-c2ccccc2)CC1. The van der Waals surface area contributed by atoms with E-state index in [9.17, 15) is 5.11 Å². The molecule has 2 aromatic carbocycles. The largest absolute Gasteiger partial charge is 0.393 e. The van der Waals surface area contributed by atoms with Crippen molar-refractivity contribution in [3.63, 3.8) is 0 Å². The van der Waals surface area contributed by atoms with Gasteiger partial charge in [-0.15, -0.1) is 0 Å². The number of para-hydroxylation sites is 1. The molecular formula is C24H26N6O. The van der Waals surface area contributed by atoms with E-state index in [-0.39, 0.29) is 6.10 Å². The van der Waals surface area contributed by atoms with Gasteiger partial charge in [-0.05, 0) is 36.1 Å². The normalized spacial score (nSPS) is 15.4. The molecule has 0 amide bonds. The third-order valence-corrected chi connectivity index (χ3v) is 5.88. The predicted molar refractivity (Wildman–Crippen MR) is 121 cm³/mol. The number of rotatable bonds is 6. The zero-order valence-corrected chi connectivity index (χ0v) is 17.4. The van der Waals surface area contributed by atoms with Crippen LogP contribution >= 0.6 is 0 Å². The average Bonchev–Trinajstić information content (AvgIpc) is 3.25. The molecule has 0 atom stereocenters. The molecule has 0 aliphatic carbocycles. The van der Waals surface area contributed by atoms with Gasteiger partial charge in [0.1, 0.15) is 12.1 Å². The fraction of sp³-hybridized carbons (Fsp3) is 0.292. The van der Waals surface area contributed by atoms with Crippen LogP contribution in [-0.2, 0) is 13.1 Å². The highest BCUT2D eigenvalue weighted by Gasteiger charge is 2.18.